The predicted octanol–water partition coefficient (Wildman–Crippen LogP) is 5.19. The van der Waals surface area contributed by atoms with Gasteiger partial charge in [0.15, 0.2) is 0 Å². The topological polar surface area (TPSA) is 112 Å². The van der Waals surface area contributed by atoms with Crippen LogP contribution in [0.2, 0.25) is 0 Å². The van der Waals surface area contributed by atoms with Crippen molar-refractivity contribution >= 4 is 23.6 Å². The molecular formula is C29H38N4O4. The number of carbonyl (C=O) groups excluding carboxylic acids is 3. The average molecular weight is 507 g/mol. The highest BCUT2D eigenvalue weighted by Gasteiger charge is 2.37. The van der Waals surface area contributed by atoms with Gasteiger partial charge in [-0.15, -0.1) is 0 Å². The number of carbonyl (C=O) groups is 3. The van der Waals surface area contributed by atoms with Crippen molar-refractivity contribution in [1.29, 1.82) is 5.26 Å². The number of para-hydroxylation sites is 1. The number of amides is 3. The SMILES string of the molecule is Cc1ccc(C(C(=O)Nc2ccccc2C)N(CC#N)C(=O)C(NC(=O)OC(C)(C)C)C(C)C)cc1C. The van der Waals surface area contributed by atoms with Crippen LogP contribution in [-0.2, 0) is 14.3 Å². The van der Waals surface area contributed by atoms with Crippen LogP contribution in [0.25, 0.3) is 0 Å². The molecule has 0 saturated carbocycles. The lowest BCUT2D eigenvalue weighted by Crippen LogP contribution is -2.54. The van der Waals surface area contributed by atoms with Crippen molar-refractivity contribution in [3.63, 3.8) is 0 Å². The summed E-state index contributed by atoms with van der Waals surface area (Å²) >= 11 is 0. The van der Waals surface area contributed by atoms with Crippen molar-refractivity contribution in [2.75, 3.05) is 11.9 Å². The van der Waals surface area contributed by atoms with Gasteiger partial charge >= 0.3 is 6.09 Å². The van der Waals surface area contributed by atoms with Crippen LogP contribution < -0.4 is 10.6 Å². The third-order valence-electron chi connectivity index (χ3n) is 5.94. The van der Waals surface area contributed by atoms with E-state index in [0.29, 0.717) is 11.3 Å². The minimum absolute atomic E-state index is 0.332. The standard InChI is InChI=1S/C29H38N4O4/c1-18(2)24(32-28(36)37-29(6,7)8)27(35)33(16-15-30)25(22-14-13-19(3)21(5)17-22)26(34)31-23-12-10-9-11-20(23)4/h9-14,17-18,24-25H,16H2,1-8H3,(H,31,34)(H,32,36). The zero-order chi connectivity index (χ0) is 27.9. The van der Waals surface area contributed by atoms with Crippen LogP contribution in [0.15, 0.2) is 42.5 Å². The van der Waals surface area contributed by atoms with Gasteiger partial charge in [-0.3, -0.25) is 9.59 Å². The quantitative estimate of drug-likeness (QED) is 0.479. The summed E-state index contributed by atoms with van der Waals surface area (Å²) < 4.78 is 5.36. The molecule has 37 heavy (non-hydrogen) atoms. The number of hydrogen-bond acceptors (Lipinski definition) is 5. The highest BCUT2D eigenvalue weighted by molar-refractivity contribution is 5.99. The van der Waals surface area contributed by atoms with Gasteiger partial charge in [-0.1, -0.05) is 50.2 Å². The molecular weight excluding hydrogens is 468 g/mol. The first-order valence-electron chi connectivity index (χ1n) is 12.4. The Morgan fingerprint density at radius 3 is 2.19 bits per heavy atom. The zero-order valence-electron chi connectivity index (χ0n) is 23.0. The number of nitrogens with one attached hydrogen (secondary N) is 2. The van der Waals surface area contributed by atoms with E-state index in [9.17, 15) is 19.6 Å². The molecule has 2 unspecified atom stereocenters. The molecule has 2 rings (SSSR count). The third-order valence-corrected chi connectivity index (χ3v) is 5.94. The van der Waals surface area contributed by atoms with E-state index in [1.165, 1.54) is 4.90 Å². The Kier molecular flexibility index (Phi) is 9.84. The molecule has 0 fully saturated rings. The molecule has 2 N–H and O–H groups in total. The van der Waals surface area contributed by atoms with Crippen LogP contribution in [0.5, 0.6) is 0 Å². The second-order valence-corrected chi connectivity index (χ2v) is 10.5. The molecule has 0 bridgehead atoms. The van der Waals surface area contributed by atoms with Gasteiger partial charge in [-0.05, 0) is 75.8 Å². The maximum Gasteiger partial charge on any atom is 0.408 e. The van der Waals surface area contributed by atoms with E-state index in [0.717, 1.165) is 16.7 Å². The smallest absolute Gasteiger partial charge is 0.408 e. The lowest BCUT2D eigenvalue weighted by molar-refractivity contribution is -0.140. The van der Waals surface area contributed by atoms with Crippen LogP contribution in [0.1, 0.15) is 62.9 Å². The van der Waals surface area contributed by atoms with Gasteiger partial charge in [0.2, 0.25) is 5.91 Å². The Bertz CT molecular complexity index is 1180. The average Bonchev–Trinajstić information content (AvgIpc) is 2.79. The Morgan fingerprint density at radius 2 is 1.65 bits per heavy atom. The fourth-order valence-electron chi connectivity index (χ4n) is 3.82. The van der Waals surface area contributed by atoms with Crippen LogP contribution in [0.3, 0.4) is 0 Å². The second-order valence-electron chi connectivity index (χ2n) is 10.5. The normalized spacial score (nSPS) is 12.8. The number of nitrogens with zero attached hydrogens (tertiary/aromatic N) is 2. The van der Waals surface area contributed by atoms with Crippen molar-refractivity contribution in [2.24, 2.45) is 5.92 Å². The summed E-state index contributed by atoms with van der Waals surface area (Å²) in [5, 5.41) is 15.2. The molecule has 3 amide bonds. The van der Waals surface area contributed by atoms with Gasteiger partial charge in [0, 0.05) is 5.69 Å². The third kappa shape index (κ3) is 8.07. The Labute approximate surface area is 220 Å². The first kappa shape index (κ1) is 29.4. The molecule has 0 aromatic heterocycles. The van der Waals surface area contributed by atoms with E-state index in [-0.39, 0.29) is 12.5 Å². The summed E-state index contributed by atoms with van der Waals surface area (Å²) in [4.78, 5) is 41.4. The first-order chi connectivity index (χ1) is 17.2. The van der Waals surface area contributed by atoms with Crippen molar-refractivity contribution in [1.82, 2.24) is 10.2 Å². The summed E-state index contributed by atoms with van der Waals surface area (Å²) in [7, 11) is 0. The molecule has 8 nitrogen and oxygen atoms in total. The number of ether oxygens (including phenoxy) is 1. The van der Waals surface area contributed by atoms with Crippen molar-refractivity contribution < 1.29 is 19.1 Å². The monoisotopic (exact) mass is 506 g/mol. The van der Waals surface area contributed by atoms with Crippen molar-refractivity contribution in [2.45, 2.75) is 73.1 Å². The van der Waals surface area contributed by atoms with Crippen molar-refractivity contribution in [3.05, 3.63) is 64.7 Å². The summed E-state index contributed by atoms with van der Waals surface area (Å²) in [6.45, 7) is 14.2. The molecule has 198 valence electrons. The molecule has 0 aliphatic carbocycles. The summed E-state index contributed by atoms with van der Waals surface area (Å²) in [6, 6.07) is 12.8. The van der Waals surface area contributed by atoms with E-state index in [2.05, 4.69) is 10.6 Å². The lowest BCUT2D eigenvalue weighted by atomic mass is 9.96. The van der Waals surface area contributed by atoms with Gasteiger partial charge in [0.1, 0.15) is 24.2 Å². The van der Waals surface area contributed by atoms with E-state index >= 15 is 0 Å². The largest absolute Gasteiger partial charge is 0.444 e. The highest BCUT2D eigenvalue weighted by Crippen LogP contribution is 2.27. The van der Waals surface area contributed by atoms with E-state index in [4.69, 9.17) is 4.74 Å². The number of nitriles is 1. The number of rotatable bonds is 8. The van der Waals surface area contributed by atoms with E-state index in [1.54, 1.807) is 46.8 Å². The maximum atomic E-state index is 13.9. The van der Waals surface area contributed by atoms with Crippen LogP contribution in [0, 0.1) is 38.0 Å². The van der Waals surface area contributed by atoms with E-state index in [1.807, 2.05) is 57.2 Å². The highest BCUT2D eigenvalue weighted by atomic mass is 16.6. The van der Waals surface area contributed by atoms with Gasteiger partial charge in [-0.25, -0.2) is 4.79 Å². The van der Waals surface area contributed by atoms with Gasteiger partial charge in [0.25, 0.3) is 5.91 Å². The predicted molar refractivity (Wildman–Crippen MR) is 144 cm³/mol. The maximum absolute atomic E-state index is 13.9. The Balaban J connectivity index is 2.54. The summed E-state index contributed by atoms with van der Waals surface area (Å²) in [6.07, 6.45) is -0.747. The molecule has 0 radical (unpaired) electrons. The number of hydrogen-bond donors (Lipinski definition) is 2. The minimum Gasteiger partial charge on any atom is -0.444 e. The van der Waals surface area contributed by atoms with Crippen LogP contribution in [-0.4, -0.2) is 41.0 Å². The van der Waals surface area contributed by atoms with Crippen LogP contribution in [0.4, 0.5) is 10.5 Å². The molecule has 2 aromatic rings. The zero-order valence-corrected chi connectivity index (χ0v) is 23.0. The summed E-state index contributed by atoms with van der Waals surface area (Å²) in [5.41, 5.74) is 3.26. The molecule has 2 aromatic carbocycles. The molecule has 0 spiro atoms. The number of benzene rings is 2. The van der Waals surface area contributed by atoms with Crippen molar-refractivity contribution in [3.8, 4) is 6.07 Å². The minimum atomic E-state index is -1.10. The number of alkyl carbamates (subject to hydrolysis) is 1. The van der Waals surface area contributed by atoms with Crippen LogP contribution >= 0.6 is 0 Å². The molecule has 2 atom stereocenters. The van der Waals surface area contributed by atoms with E-state index < -0.39 is 35.6 Å². The fraction of sp³-hybridized carbons (Fsp3) is 0.448. The molecule has 0 saturated heterocycles. The second kappa shape index (κ2) is 12.4. The summed E-state index contributed by atoms with van der Waals surface area (Å²) in [5.74, 6) is -1.34. The van der Waals surface area contributed by atoms with Gasteiger partial charge in [0.05, 0.1) is 6.07 Å². The Morgan fingerprint density at radius 1 is 1.00 bits per heavy atom. The first-order valence-corrected chi connectivity index (χ1v) is 12.4. The lowest BCUT2D eigenvalue weighted by Gasteiger charge is -2.34. The number of aryl methyl sites for hydroxylation is 3. The van der Waals surface area contributed by atoms with Gasteiger partial charge < -0.3 is 20.3 Å². The van der Waals surface area contributed by atoms with Gasteiger partial charge in [-0.2, -0.15) is 5.26 Å². The number of anilines is 1. The Hall–Kier alpha value is -3.86. The molecule has 0 heterocycles. The molecule has 0 aliphatic rings. The molecule has 0 aliphatic heterocycles. The molecule has 8 heteroatoms. The fourth-order valence-corrected chi connectivity index (χ4v) is 3.82.